The molecule has 2 fully saturated rings. The minimum Gasteiger partial charge on any atom is -0.432 e. The molecular weight excluding hydrogens is 591 g/mol. The van der Waals surface area contributed by atoms with E-state index in [1.807, 2.05) is 0 Å². The predicted molar refractivity (Wildman–Crippen MR) is 140 cm³/mol. The molecule has 228 valence electrons. The van der Waals surface area contributed by atoms with Crippen molar-refractivity contribution in [2.45, 2.75) is 57.0 Å². The monoisotopic (exact) mass is 622 g/mol. The van der Waals surface area contributed by atoms with Gasteiger partial charge in [0.05, 0.1) is 25.1 Å². The molecule has 6 atom stereocenters. The number of fused-ring (bicyclic) bond motifs is 1. The summed E-state index contributed by atoms with van der Waals surface area (Å²) in [6, 6.07) is 0.00968. The first-order valence-electron chi connectivity index (χ1n) is 12.6. The first-order valence-corrected chi connectivity index (χ1v) is 14.8. The number of nitrogens with one attached hydrogen (secondary N) is 1. The first-order chi connectivity index (χ1) is 19.3. The Morgan fingerprint density at radius 2 is 2.07 bits per heavy atom. The number of amides is 1. The molecular formula is C22H32ClN6O11P. The van der Waals surface area contributed by atoms with Crippen LogP contribution in [0.3, 0.4) is 0 Å². The third kappa shape index (κ3) is 7.81. The fourth-order valence-electron chi connectivity index (χ4n) is 4.22. The summed E-state index contributed by atoms with van der Waals surface area (Å²) in [5.74, 6) is -0.449. The Balaban J connectivity index is 1.37. The van der Waals surface area contributed by atoms with E-state index in [0.29, 0.717) is 24.5 Å². The molecule has 2 aliphatic rings. The SMILES string of the molecule is CC(C)OC(=O)OCOP(=O)(O)CC(=O)N(C)C[C@H]1O[C@@H](n2cnc3c(N[C@H]4CCOC4)nc(Cl)nc32)[C@H](O)[C@@H]1O. The fraction of sp³-hybridized carbons (Fsp3) is 0.682. The Hall–Kier alpha value is -2.63. The van der Waals surface area contributed by atoms with E-state index >= 15 is 0 Å². The van der Waals surface area contributed by atoms with Gasteiger partial charge in [0.1, 0.15) is 24.5 Å². The second kappa shape index (κ2) is 13.1. The second-order valence-electron chi connectivity index (χ2n) is 9.79. The Kier molecular flexibility index (Phi) is 10.0. The zero-order chi connectivity index (χ0) is 29.9. The second-order valence-corrected chi connectivity index (χ2v) is 12.0. The molecule has 1 unspecified atom stereocenters. The summed E-state index contributed by atoms with van der Waals surface area (Å²) in [5, 5.41) is 24.6. The van der Waals surface area contributed by atoms with Gasteiger partial charge < -0.3 is 44.3 Å². The van der Waals surface area contributed by atoms with Crippen LogP contribution in [0.4, 0.5) is 10.6 Å². The van der Waals surface area contributed by atoms with E-state index in [4.69, 9.17) is 25.8 Å². The van der Waals surface area contributed by atoms with Crippen molar-refractivity contribution >= 4 is 48.2 Å². The molecule has 2 aromatic rings. The molecule has 2 aromatic heterocycles. The van der Waals surface area contributed by atoms with E-state index in [9.17, 15) is 29.3 Å². The topological polar surface area (TPSA) is 217 Å². The molecule has 0 saturated carbocycles. The molecule has 4 heterocycles. The van der Waals surface area contributed by atoms with Crippen molar-refractivity contribution in [3.8, 4) is 0 Å². The van der Waals surface area contributed by atoms with Gasteiger partial charge in [-0.2, -0.15) is 9.97 Å². The first kappa shape index (κ1) is 31.3. The minimum atomic E-state index is -4.49. The van der Waals surface area contributed by atoms with E-state index in [2.05, 4.69) is 29.5 Å². The minimum absolute atomic E-state index is 0.00968. The number of hydrogen-bond donors (Lipinski definition) is 4. The summed E-state index contributed by atoms with van der Waals surface area (Å²) in [5.41, 5.74) is 0.605. The Labute approximate surface area is 239 Å². The smallest absolute Gasteiger partial charge is 0.432 e. The highest BCUT2D eigenvalue weighted by molar-refractivity contribution is 7.53. The molecule has 4 N–H and O–H groups in total. The van der Waals surface area contributed by atoms with Gasteiger partial charge in [-0.15, -0.1) is 0 Å². The third-order valence-electron chi connectivity index (χ3n) is 6.25. The molecule has 17 nitrogen and oxygen atoms in total. The lowest BCUT2D eigenvalue weighted by Crippen LogP contribution is -2.41. The number of ether oxygens (including phenoxy) is 4. The van der Waals surface area contributed by atoms with Crippen LogP contribution in [0.25, 0.3) is 11.2 Å². The summed E-state index contributed by atoms with van der Waals surface area (Å²) in [6.45, 7) is 3.13. The summed E-state index contributed by atoms with van der Waals surface area (Å²) >= 11 is 6.15. The molecule has 4 rings (SSSR count). The predicted octanol–water partition coefficient (Wildman–Crippen LogP) is 0.479. The molecule has 41 heavy (non-hydrogen) atoms. The molecule has 0 aromatic carbocycles. The zero-order valence-electron chi connectivity index (χ0n) is 22.5. The van der Waals surface area contributed by atoms with Crippen LogP contribution in [0, 0.1) is 0 Å². The third-order valence-corrected chi connectivity index (χ3v) is 7.60. The number of imidazole rings is 1. The molecule has 0 spiro atoms. The van der Waals surface area contributed by atoms with E-state index < -0.39 is 63.3 Å². The van der Waals surface area contributed by atoms with Gasteiger partial charge in [-0.3, -0.25) is 18.5 Å². The summed E-state index contributed by atoms with van der Waals surface area (Å²) < 4.78 is 38.8. The largest absolute Gasteiger partial charge is 0.510 e. The van der Waals surface area contributed by atoms with Crippen LogP contribution in [-0.4, -0.2) is 122 Å². The lowest BCUT2D eigenvalue weighted by molar-refractivity contribution is -0.130. The maximum Gasteiger partial charge on any atom is 0.510 e. The maximum atomic E-state index is 12.6. The van der Waals surface area contributed by atoms with Crippen LogP contribution in [0.5, 0.6) is 0 Å². The highest BCUT2D eigenvalue weighted by Crippen LogP contribution is 2.42. The highest BCUT2D eigenvalue weighted by atomic mass is 35.5. The zero-order valence-corrected chi connectivity index (χ0v) is 24.1. The standard InChI is InChI=1S/C22H32ClN6O11P/c1-11(2)39-22(33)37-10-38-41(34,35)8-14(30)28(3)6-13-16(31)17(32)20(40-13)29-9-24-15-18(25-12-4-5-36-7-12)26-21(23)27-19(15)29/h9,11-13,16-17,20,31-32H,4-8,10H2,1-3H3,(H,34,35)(H,25,26,27)/t12-,13+,16+,17+,20+/m0/s1. The van der Waals surface area contributed by atoms with Crippen molar-refractivity contribution in [1.82, 2.24) is 24.4 Å². The summed E-state index contributed by atoms with van der Waals surface area (Å²) in [4.78, 5) is 47.7. The van der Waals surface area contributed by atoms with Crippen LogP contribution >= 0.6 is 19.2 Å². The van der Waals surface area contributed by atoms with E-state index in [1.54, 1.807) is 13.8 Å². The van der Waals surface area contributed by atoms with Crippen molar-refractivity contribution in [3.05, 3.63) is 11.6 Å². The van der Waals surface area contributed by atoms with Crippen molar-refractivity contribution < 1.29 is 52.7 Å². The molecule has 2 saturated heterocycles. The number of anilines is 1. The number of aromatic nitrogens is 4. The quantitative estimate of drug-likeness (QED) is 0.116. The van der Waals surface area contributed by atoms with Gasteiger partial charge >= 0.3 is 13.8 Å². The van der Waals surface area contributed by atoms with Crippen LogP contribution < -0.4 is 5.32 Å². The van der Waals surface area contributed by atoms with Gasteiger partial charge in [-0.25, -0.2) is 9.78 Å². The van der Waals surface area contributed by atoms with E-state index in [-0.39, 0.29) is 23.5 Å². The number of hydrogen-bond acceptors (Lipinski definition) is 14. The Bertz CT molecular complexity index is 1290. The van der Waals surface area contributed by atoms with Crippen molar-refractivity contribution in [3.63, 3.8) is 0 Å². The number of halogens is 1. The van der Waals surface area contributed by atoms with Crippen molar-refractivity contribution in [2.75, 3.05) is 45.1 Å². The molecule has 2 aliphatic heterocycles. The number of carbonyl (C=O) groups excluding carboxylic acids is 2. The average molecular weight is 623 g/mol. The van der Waals surface area contributed by atoms with Gasteiger partial charge in [0, 0.05) is 20.2 Å². The lowest BCUT2D eigenvalue weighted by Gasteiger charge is -2.23. The van der Waals surface area contributed by atoms with Gasteiger partial charge in [-0.05, 0) is 31.9 Å². The van der Waals surface area contributed by atoms with Crippen molar-refractivity contribution in [2.24, 2.45) is 0 Å². The molecule has 0 bridgehead atoms. The maximum absolute atomic E-state index is 12.6. The van der Waals surface area contributed by atoms with Gasteiger partial charge in [0.25, 0.3) is 0 Å². The van der Waals surface area contributed by atoms with Crippen LogP contribution in [-0.2, 0) is 32.8 Å². The summed E-state index contributed by atoms with van der Waals surface area (Å²) in [7, 11) is -3.18. The fourth-order valence-corrected chi connectivity index (χ4v) is 5.28. The van der Waals surface area contributed by atoms with Crippen LogP contribution in [0.2, 0.25) is 5.28 Å². The molecule has 0 aliphatic carbocycles. The lowest BCUT2D eigenvalue weighted by atomic mass is 10.1. The van der Waals surface area contributed by atoms with E-state index in [0.717, 1.165) is 11.3 Å². The number of likely N-dealkylation sites (N-methyl/N-ethyl adjacent to an activating group) is 1. The summed E-state index contributed by atoms with van der Waals surface area (Å²) in [6.07, 6.45) is -5.47. The molecule has 1 amide bonds. The van der Waals surface area contributed by atoms with Crippen LogP contribution in [0.15, 0.2) is 6.33 Å². The number of aliphatic hydroxyl groups is 2. The number of carbonyl (C=O) groups is 2. The normalized spacial score (nSPS) is 25.8. The average Bonchev–Trinajstić information content (AvgIpc) is 3.60. The van der Waals surface area contributed by atoms with E-state index in [1.165, 1.54) is 17.9 Å². The Morgan fingerprint density at radius 1 is 1.32 bits per heavy atom. The number of nitrogens with zero attached hydrogens (tertiary/aromatic N) is 5. The van der Waals surface area contributed by atoms with Gasteiger partial charge in [0.2, 0.25) is 18.0 Å². The number of rotatable bonds is 11. The van der Waals surface area contributed by atoms with Gasteiger partial charge in [-0.1, -0.05) is 0 Å². The highest BCUT2D eigenvalue weighted by Gasteiger charge is 2.45. The number of aliphatic hydroxyl groups excluding tert-OH is 2. The Morgan fingerprint density at radius 3 is 2.76 bits per heavy atom. The molecule has 19 heteroatoms. The van der Waals surface area contributed by atoms with Crippen LogP contribution in [0.1, 0.15) is 26.5 Å². The van der Waals surface area contributed by atoms with Crippen molar-refractivity contribution in [1.29, 1.82) is 0 Å². The molecule has 0 radical (unpaired) electrons. The van der Waals surface area contributed by atoms with Gasteiger partial charge in [0.15, 0.2) is 23.2 Å².